The van der Waals surface area contributed by atoms with E-state index >= 15 is 0 Å². The first kappa shape index (κ1) is 18.5. The number of fused-ring (bicyclic) bond motifs is 2. The molecule has 4 aromatic rings. The second kappa shape index (κ2) is 6.93. The smallest absolute Gasteiger partial charge is 0.320 e. The Balaban J connectivity index is 1.68. The number of aromatic nitrogens is 4. The quantitative estimate of drug-likeness (QED) is 0.407. The van der Waals surface area contributed by atoms with Gasteiger partial charge in [0.15, 0.2) is 5.69 Å². The van der Waals surface area contributed by atoms with Crippen molar-refractivity contribution >= 4 is 33.5 Å². The third kappa shape index (κ3) is 3.16. The third-order valence-electron chi connectivity index (χ3n) is 4.55. The van der Waals surface area contributed by atoms with E-state index in [1.54, 1.807) is 18.2 Å². The number of alkyl halides is 2. The van der Waals surface area contributed by atoms with Crippen LogP contribution in [0.4, 0.5) is 14.5 Å². The molecule has 0 radical (unpaired) electrons. The van der Waals surface area contributed by atoms with E-state index in [1.807, 2.05) is 0 Å². The maximum absolute atomic E-state index is 13.6. The number of nitrogens with zero attached hydrogens (tertiary/aromatic N) is 5. The van der Waals surface area contributed by atoms with Gasteiger partial charge in [-0.15, -0.1) is 0 Å². The predicted octanol–water partition coefficient (Wildman–Crippen LogP) is 3.49. The van der Waals surface area contributed by atoms with Crippen LogP contribution in [0, 0.1) is 10.1 Å². The summed E-state index contributed by atoms with van der Waals surface area (Å²) < 4.78 is 27.9. The van der Waals surface area contributed by atoms with Gasteiger partial charge >= 0.3 is 6.55 Å². The van der Waals surface area contributed by atoms with Crippen molar-refractivity contribution in [3.8, 4) is 0 Å². The number of H-pyrrole nitrogens is 1. The zero-order valence-corrected chi connectivity index (χ0v) is 15.0. The summed E-state index contributed by atoms with van der Waals surface area (Å²) in [4.78, 5) is 28.7. The van der Waals surface area contributed by atoms with Crippen LogP contribution < -0.4 is 0 Å². The van der Waals surface area contributed by atoms with Crippen LogP contribution in [0.25, 0.3) is 21.9 Å². The number of non-ortho nitro benzene ring substituents is 1. The number of nitrogens with one attached hydrogen (secondary N) is 1. The SMILES string of the molecule is CN(Cc1nc2ccccc2n1C(F)F)C(=O)c1n[nH]c2ccc([N+](=O)[O-])cc12. The number of carbonyl (C=O) groups excluding carboxylic acids is 1. The highest BCUT2D eigenvalue weighted by Crippen LogP contribution is 2.26. The Bertz CT molecular complexity index is 1250. The number of hydrogen-bond acceptors (Lipinski definition) is 5. The first-order valence-electron chi connectivity index (χ1n) is 8.49. The van der Waals surface area contributed by atoms with Gasteiger partial charge in [-0.05, 0) is 18.2 Å². The summed E-state index contributed by atoms with van der Waals surface area (Å²) in [6, 6.07) is 10.4. The fourth-order valence-electron chi connectivity index (χ4n) is 3.17. The molecule has 0 bridgehead atoms. The molecule has 29 heavy (non-hydrogen) atoms. The van der Waals surface area contributed by atoms with Crippen molar-refractivity contribution in [2.24, 2.45) is 0 Å². The van der Waals surface area contributed by atoms with E-state index in [1.165, 1.54) is 36.2 Å². The number of hydrogen-bond donors (Lipinski definition) is 1. The summed E-state index contributed by atoms with van der Waals surface area (Å²) in [7, 11) is 1.43. The van der Waals surface area contributed by atoms with E-state index in [-0.39, 0.29) is 34.7 Å². The second-order valence-electron chi connectivity index (χ2n) is 6.38. The molecule has 2 heterocycles. The Kier molecular flexibility index (Phi) is 4.41. The number of benzene rings is 2. The second-order valence-corrected chi connectivity index (χ2v) is 6.38. The number of aromatic amines is 1. The van der Waals surface area contributed by atoms with Gasteiger partial charge in [0, 0.05) is 24.6 Å². The Morgan fingerprint density at radius 3 is 2.79 bits per heavy atom. The van der Waals surface area contributed by atoms with Crippen molar-refractivity contribution in [3.05, 3.63) is 64.1 Å². The first-order chi connectivity index (χ1) is 13.9. The highest BCUT2D eigenvalue weighted by Gasteiger charge is 2.24. The molecule has 0 unspecified atom stereocenters. The van der Waals surface area contributed by atoms with Crippen molar-refractivity contribution in [1.29, 1.82) is 0 Å². The normalized spacial score (nSPS) is 11.4. The van der Waals surface area contributed by atoms with Crippen molar-refractivity contribution in [3.63, 3.8) is 0 Å². The van der Waals surface area contributed by atoms with Crippen LogP contribution in [0.2, 0.25) is 0 Å². The highest BCUT2D eigenvalue weighted by molar-refractivity contribution is 6.05. The zero-order chi connectivity index (χ0) is 20.7. The summed E-state index contributed by atoms with van der Waals surface area (Å²) in [6.45, 7) is -3.02. The van der Waals surface area contributed by atoms with Crippen molar-refractivity contribution in [1.82, 2.24) is 24.6 Å². The average molecular weight is 400 g/mol. The van der Waals surface area contributed by atoms with Gasteiger partial charge in [0.1, 0.15) is 5.82 Å². The fourth-order valence-corrected chi connectivity index (χ4v) is 3.17. The molecular formula is C18H14F2N6O3. The molecule has 1 N–H and O–H groups in total. The maximum Gasteiger partial charge on any atom is 0.320 e. The van der Waals surface area contributed by atoms with Gasteiger partial charge in [-0.1, -0.05) is 12.1 Å². The lowest BCUT2D eigenvalue weighted by molar-refractivity contribution is -0.384. The molecular weight excluding hydrogens is 386 g/mol. The van der Waals surface area contributed by atoms with Gasteiger partial charge in [0.25, 0.3) is 11.6 Å². The number of para-hydroxylation sites is 2. The number of nitro benzene ring substituents is 1. The van der Waals surface area contributed by atoms with Gasteiger partial charge in [0.2, 0.25) is 0 Å². The number of rotatable bonds is 5. The van der Waals surface area contributed by atoms with Crippen LogP contribution in [0.3, 0.4) is 0 Å². The zero-order valence-electron chi connectivity index (χ0n) is 15.0. The Labute approximate surface area is 161 Å². The van der Waals surface area contributed by atoms with Crippen LogP contribution in [-0.4, -0.2) is 42.5 Å². The minimum Gasteiger partial charge on any atom is -0.333 e. The van der Waals surface area contributed by atoms with Gasteiger partial charge in [0.05, 0.1) is 28.0 Å². The van der Waals surface area contributed by atoms with Gasteiger partial charge < -0.3 is 4.90 Å². The minimum absolute atomic E-state index is 0.0165. The van der Waals surface area contributed by atoms with E-state index in [4.69, 9.17) is 0 Å². The van der Waals surface area contributed by atoms with E-state index in [0.29, 0.717) is 11.0 Å². The minimum atomic E-state index is -2.82. The van der Waals surface area contributed by atoms with Crippen molar-refractivity contribution in [2.45, 2.75) is 13.1 Å². The fraction of sp³-hybridized carbons (Fsp3) is 0.167. The molecule has 0 aliphatic rings. The Hall–Kier alpha value is -3.89. The molecule has 0 saturated carbocycles. The number of nitro groups is 1. The molecule has 0 saturated heterocycles. The molecule has 0 spiro atoms. The predicted molar refractivity (Wildman–Crippen MR) is 99.5 cm³/mol. The summed E-state index contributed by atoms with van der Waals surface area (Å²) in [6.07, 6.45) is 0. The number of carbonyl (C=O) groups is 1. The molecule has 9 nitrogen and oxygen atoms in total. The molecule has 2 aromatic heterocycles. The lowest BCUT2D eigenvalue weighted by Crippen LogP contribution is -2.28. The highest BCUT2D eigenvalue weighted by atomic mass is 19.3. The van der Waals surface area contributed by atoms with Crippen LogP contribution >= 0.6 is 0 Å². The number of imidazole rings is 1. The van der Waals surface area contributed by atoms with Crippen LogP contribution in [0.1, 0.15) is 22.9 Å². The lowest BCUT2D eigenvalue weighted by Gasteiger charge is -2.17. The molecule has 4 rings (SSSR count). The average Bonchev–Trinajstić information content (AvgIpc) is 3.27. The van der Waals surface area contributed by atoms with Gasteiger partial charge in [-0.25, -0.2) is 4.98 Å². The van der Waals surface area contributed by atoms with E-state index in [0.717, 1.165) is 4.57 Å². The standard InChI is InChI=1S/C18H14F2N6O3/c1-24(9-15-21-13-4-2-3-5-14(13)25(15)18(19)20)17(27)16-11-8-10(26(28)29)6-7-12(11)22-23-16/h2-8,18H,9H2,1H3,(H,22,23). The topological polar surface area (TPSA) is 110 Å². The summed E-state index contributed by atoms with van der Waals surface area (Å²) in [5, 5.41) is 17.9. The van der Waals surface area contributed by atoms with Crippen LogP contribution in [0.5, 0.6) is 0 Å². The third-order valence-corrected chi connectivity index (χ3v) is 4.55. The van der Waals surface area contributed by atoms with E-state index < -0.39 is 17.4 Å². The molecule has 0 aliphatic carbocycles. The van der Waals surface area contributed by atoms with E-state index in [2.05, 4.69) is 15.2 Å². The monoisotopic (exact) mass is 400 g/mol. The maximum atomic E-state index is 13.6. The van der Waals surface area contributed by atoms with E-state index in [9.17, 15) is 23.7 Å². The molecule has 11 heteroatoms. The molecule has 0 atom stereocenters. The summed E-state index contributed by atoms with van der Waals surface area (Å²) in [5.41, 5.74) is 0.886. The molecule has 2 aromatic carbocycles. The van der Waals surface area contributed by atoms with Gasteiger partial charge in [-0.3, -0.25) is 24.6 Å². The molecule has 148 valence electrons. The van der Waals surface area contributed by atoms with Crippen LogP contribution in [0.15, 0.2) is 42.5 Å². The van der Waals surface area contributed by atoms with Crippen molar-refractivity contribution in [2.75, 3.05) is 7.05 Å². The van der Waals surface area contributed by atoms with Crippen molar-refractivity contribution < 1.29 is 18.5 Å². The van der Waals surface area contributed by atoms with Gasteiger partial charge in [-0.2, -0.15) is 13.9 Å². The van der Waals surface area contributed by atoms with Crippen LogP contribution in [-0.2, 0) is 6.54 Å². The summed E-state index contributed by atoms with van der Waals surface area (Å²) in [5.74, 6) is -0.563. The largest absolute Gasteiger partial charge is 0.333 e. The number of amides is 1. The molecule has 0 aliphatic heterocycles. The summed E-state index contributed by atoms with van der Waals surface area (Å²) >= 11 is 0. The molecule has 0 fully saturated rings. The first-order valence-corrected chi connectivity index (χ1v) is 8.49. The lowest BCUT2D eigenvalue weighted by atomic mass is 10.2. The Morgan fingerprint density at radius 2 is 2.07 bits per heavy atom. The Morgan fingerprint density at radius 1 is 1.31 bits per heavy atom. The number of halogens is 2. The molecule has 1 amide bonds.